The third-order valence-corrected chi connectivity index (χ3v) is 5.92. The molecule has 0 radical (unpaired) electrons. The van der Waals surface area contributed by atoms with Crippen LogP contribution in [-0.4, -0.2) is 45.6 Å². The van der Waals surface area contributed by atoms with Crippen molar-refractivity contribution in [2.75, 3.05) is 25.4 Å². The molecule has 2 aliphatic rings. The second-order valence-electron chi connectivity index (χ2n) is 8.88. The Morgan fingerprint density at radius 3 is 2.86 bits per heavy atom. The van der Waals surface area contributed by atoms with Gasteiger partial charge in [-0.15, -0.1) is 0 Å². The number of aromatic nitrogens is 2. The molecule has 0 spiro atoms. The van der Waals surface area contributed by atoms with Crippen molar-refractivity contribution in [3.8, 4) is 5.75 Å². The predicted octanol–water partition coefficient (Wildman–Crippen LogP) is 2.21. The van der Waals surface area contributed by atoms with Gasteiger partial charge in [-0.2, -0.15) is 0 Å². The zero-order valence-electron chi connectivity index (χ0n) is 17.4. The zero-order valence-corrected chi connectivity index (χ0v) is 17.4. The molecule has 0 aliphatic carbocycles. The number of hydrogen-bond acceptors (Lipinski definition) is 5. The SMILES string of the molecule is CC1(C)Cc2cccc(CN3CCC(CNC(=O)Cn4ccnc4N)CC3)c2O1. The summed E-state index contributed by atoms with van der Waals surface area (Å²) >= 11 is 0. The summed E-state index contributed by atoms with van der Waals surface area (Å²) in [6.45, 7) is 8.26. The van der Waals surface area contributed by atoms with Gasteiger partial charge in [0.25, 0.3) is 0 Å². The van der Waals surface area contributed by atoms with E-state index >= 15 is 0 Å². The Labute approximate surface area is 172 Å². The second kappa shape index (κ2) is 8.06. The Morgan fingerprint density at radius 1 is 1.34 bits per heavy atom. The average Bonchev–Trinajstić information content (AvgIpc) is 3.23. The molecule has 0 bridgehead atoms. The van der Waals surface area contributed by atoms with Crippen molar-refractivity contribution in [2.24, 2.45) is 5.92 Å². The maximum atomic E-state index is 12.1. The lowest BCUT2D eigenvalue weighted by Gasteiger charge is -2.32. The molecule has 1 fully saturated rings. The minimum atomic E-state index is -0.106. The molecule has 4 rings (SSSR count). The van der Waals surface area contributed by atoms with Gasteiger partial charge >= 0.3 is 0 Å². The summed E-state index contributed by atoms with van der Waals surface area (Å²) in [6.07, 6.45) is 6.48. The molecule has 1 aromatic carbocycles. The zero-order chi connectivity index (χ0) is 20.4. The highest BCUT2D eigenvalue weighted by Crippen LogP contribution is 2.38. The van der Waals surface area contributed by atoms with Crippen LogP contribution >= 0.6 is 0 Å². The van der Waals surface area contributed by atoms with E-state index in [0.717, 1.165) is 51.2 Å². The molecule has 0 atom stereocenters. The first-order chi connectivity index (χ1) is 13.9. The van der Waals surface area contributed by atoms with Crippen molar-refractivity contribution in [1.82, 2.24) is 19.8 Å². The third kappa shape index (κ3) is 4.72. The molecule has 7 heteroatoms. The average molecular weight is 398 g/mol. The smallest absolute Gasteiger partial charge is 0.240 e. The molecule has 0 saturated carbocycles. The number of amides is 1. The summed E-state index contributed by atoms with van der Waals surface area (Å²) in [4.78, 5) is 18.6. The van der Waals surface area contributed by atoms with Gasteiger partial charge in [-0.25, -0.2) is 4.98 Å². The topological polar surface area (TPSA) is 85.4 Å². The Morgan fingerprint density at radius 2 is 2.14 bits per heavy atom. The first kappa shape index (κ1) is 19.8. The summed E-state index contributed by atoms with van der Waals surface area (Å²) in [5.74, 6) is 1.96. The number of hydrogen-bond donors (Lipinski definition) is 2. The van der Waals surface area contributed by atoms with Crippen molar-refractivity contribution < 1.29 is 9.53 Å². The molecule has 3 heterocycles. The highest BCUT2D eigenvalue weighted by molar-refractivity contribution is 5.76. The second-order valence-corrected chi connectivity index (χ2v) is 8.88. The fraction of sp³-hybridized carbons (Fsp3) is 0.545. The first-order valence-electron chi connectivity index (χ1n) is 10.4. The molecular weight excluding hydrogens is 366 g/mol. The highest BCUT2D eigenvalue weighted by atomic mass is 16.5. The number of nitrogens with one attached hydrogen (secondary N) is 1. The normalized spacial score (nSPS) is 19.0. The van der Waals surface area contributed by atoms with Crippen LogP contribution < -0.4 is 15.8 Å². The van der Waals surface area contributed by atoms with Crippen molar-refractivity contribution in [1.29, 1.82) is 0 Å². The van der Waals surface area contributed by atoms with Gasteiger partial charge in [-0.3, -0.25) is 9.69 Å². The summed E-state index contributed by atoms with van der Waals surface area (Å²) in [5.41, 5.74) is 8.22. The van der Waals surface area contributed by atoms with E-state index in [0.29, 0.717) is 11.9 Å². The molecule has 3 N–H and O–H groups in total. The van der Waals surface area contributed by atoms with E-state index in [9.17, 15) is 4.79 Å². The Hall–Kier alpha value is -2.54. The van der Waals surface area contributed by atoms with E-state index < -0.39 is 0 Å². The molecule has 1 amide bonds. The molecule has 1 saturated heterocycles. The van der Waals surface area contributed by atoms with Gasteiger partial charge in [0, 0.05) is 37.5 Å². The van der Waals surface area contributed by atoms with E-state index in [1.807, 2.05) is 0 Å². The number of imidazole rings is 1. The number of rotatable bonds is 6. The fourth-order valence-electron chi connectivity index (χ4n) is 4.34. The van der Waals surface area contributed by atoms with Gasteiger partial charge < -0.3 is 20.4 Å². The molecular formula is C22H31N5O2. The monoisotopic (exact) mass is 397 g/mol. The van der Waals surface area contributed by atoms with Crippen LogP contribution in [0.1, 0.15) is 37.8 Å². The van der Waals surface area contributed by atoms with E-state index in [4.69, 9.17) is 10.5 Å². The number of piperidine rings is 1. The third-order valence-electron chi connectivity index (χ3n) is 5.92. The van der Waals surface area contributed by atoms with Gasteiger partial charge in [0.1, 0.15) is 17.9 Å². The number of anilines is 1. The molecule has 1 aromatic heterocycles. The molecule has 156 valence electrons. The lowest BCUT2D eigenvalue weighted by molar-refractivity contribution is -0.121. The minimum Gasteiger partial charge on any atom is -0.487 e. The van der Waals surface area contributed by atoms with Gasteiger partial charge in [0.05, 0.1) is 0 Å². The first-order valence-corrected chi connectivity index (χ1v) is 10.4. The number of benzene rings is 1. The van der Waals surface area contributed by atoms with E-state index in [1.54, 1.807) is 17.0 Å². The number of nitrogen functional groups attached to an aromatic ring is 1. The van der Waals surface area contributed by atoms with Crippen molar-refractivity contribution in [3.63, 3.8) is 0 Å². The maximum Gasteiger partial charge on any atom is 0.240 e. The van der Waals surface area contributed by atoms with Crippen molar-refractivity contribution in [2.45, 2.75) is 51.8 Å². The lowest BCUT2D eigenvalue weighted by Crippen LogP contribution is -2.39. The summed E-state index contributed by atoms with van der Waals surface area (Å²) in [5, 5.41) is 3.04. The van der Waals surface area contributed by atoms with Crippen LogP contribution in [-0.2, 0) is 24.3 Å². The maximum absolute atomic E-state index is 12.1. The van der Waals surface area contributed by atoms with Gasteiger partial charge in [-0.05, 0) is 51.3 Å². The van der Waals surface area contributed by atoms with Gasteiger partial charge in [-0.1, -0.05) is 18.2 Å². The fourth-order valence-corrected chi connectivity index (χ4v) is 4.34. The number of ether oxygens (including phenoxy) is 1. The molecule has 7 nitrogen and oxygen atoms in total. The standard InChI is InChI=1S/C22H31N5O2/c1-22(2)12-17-4-3-5-18(20(17)29-22)14-26-9-6-16(7-10-26)13-25-19(28)15-27-11-8-24-21(27)23/h3-5,8,11,16H,6-7,9-10,12-15H2,1-2H3,(H2,23,24)(H,25,28). The van der Waals surface area contributed by atoms with Crippen LogP contribution in [0.25, 0.3) is 0 Å². The summed E-state index contributed by atoms with van der Waals surface area (Å²) in [7, 11) is 0. The number of carbonyl (C=O) groups is 1. The molecule has 0 unspecified atom stereocenters. The van der Waals surface area contributed by atoms with E-state index in [-0.39, 0.29) is 18.1 Å². The number of likely N-dealkylation sites (tertiary alicyclic amines) is 1. The number of carbonyl (C=O) groups excluding carboxylic acids is 1. The number of para-hydroxylation sites is 1. The van der Waals surface area contributed by atoms with E-state index in [1.165, 1.54) is 11.1 Å². The number of nitrogens with two attached hydrogens (primary N) is 1. The van der Waals surface area contributed by atoms with Gasteiger partial charge in [0.15, 0.2) is 0 Å². The molecule has 2 aromatic rings. The van der Waals surface area contributed by atoms with Crippen LogP contribution in [0.2, 0.25) is 0 Å². The van der Waals surface area contributed by atoms with Crippen LogP contribution in [0.15, 0.2) is 30.6 Å². The predicted molar refractivity (Wildman–Crippen MR) is 113 cm³/mol. The minimum absolute atomic E-state index is 0.0169. The number of nitrogens with zero attached hydrogens (tertiary/aromatic N) is 3. The quantitative estimate of drug-likeness (QED) is 0.781. The molecule has 2 aliphatic heterocycles. The Bertz CT molecular complexity index is 868. The van der Waals surface area contributed by atoms with Crippen LogP contribution in [0, 0.1) is 5.92 Å². The van der Waals surface area contributed by atoms with Crippen molar-refractivity contribution in [3.05, 3.63) is 41.7 Å². The summed E-state index contributed by atoms with van der Waals surface area (Å²) < 4.78 is 7.87. The van der Waals surface area contributed by atoms with Crippen LogP contribution in [0.4, 0.5) is 5.95 Å². The van der Waals surface area contributed by atoms with Crippen LogP contribution in [0.5, 0.6) is 5.75 Å². The Kier molecular flexibility index (Phi) is 5.50. The largest absolute Gasteiger partial charge is 0.487 e. The van der Waals surface area contributed by atoms with Crippen molar-refractivity contribution >= 4 is 11.9 Å². The van der Waals surface area contributed by atoms with E-state index in [2.05, 4.69) is 47.2 Å². The van der Waals surface area contributed by atoms with Gasteiger partial charge in [0.2, 0.25) is 11.9 Å². The highest BCUT2D eigenvalue weighted by Gasteiger charge is 2.32. The Balaban J connectivity index is 1.23. The number of fused-ring (bicyclic) bond motifs is 1. The summed E-state index contributed by atoms with van der Waals surface area (Å²) in [6, 6.07) is 6.52. The van der Waals surface area contributed by atoms with Crippen LogP contribution in [0.3, 0.4) is 0 Å². The lowest BCUT2D eigenvalue weighted by atomic mass is 9.96. The molecule has 29 heavy (non-hydrogen) atoms.